The molecule has 0 spiro atoms. The van der Waals surface area contributed by atoms with Crippen molar-refractivity contribution in [2.45, 2.75) is 38.8 Å². The van der Waals surface area contributed by atoms with E-state index >= 15 is 0 Å². The second-order valence-corrected chi connectivity index (χ2v) is 6.04. The number of piperidine rings is 1. The van der Waals surface area contributed by atoms with Crippen molar-refractivity contribution in [3.8, 4) is 0 Å². The Bertz CT molecular complexity index is 683. The third-order valence-electron chi connectivity index (χ3n) is 4.51. The predicted octanol–water partition coefficient (Wildman–Crippen LogP) is 2.38. The van der Waals surface area contributed by atoms with E-state index in [0.717, 1.165) is 50.4 Å². The van der Waals surface area contributed by atoms with Crippen LogP contribution in [0.1, 0.15) is 47.4 Å². The number of rotatable bonds is 5. The largest absolute Gasteiger partial charge is 0.478 e. The van der Waals surface area contributed by atoms with Crippen molar-refractivity contribution in [1.29, 1.82) is 0 Å². The fraction of sp³-hybridized carbons (Fsp3) is 0.471. The quantitative estimate of drug-likeness (QED) is 0.917. The predicted molar refractivity (Wildman–Crippen MR) is 86.3 cm³/mol. The molecule has 6 nitrogen and oxygen atoms in total. The first-order valence-corrected chi connectivity index (χ1v) is 8.09. The first-order valence-electron chi connectivity index (χ1n) is 8.09. The highest BCUT2D eigenvalue weighted by molar-refractivity contribution is 5.87. The molecule has 1 fully saturated rings. The van der Waals surface area contributed by atoms with E-state index in [1.807, 2.05) is 18.2 Å². The molecule has 1 aliphatic rings. The third kappa shape index (κ3) is 3.59. The van der Waals surface area contributed by atoms with Gasteiger partial charge in [-0.3, -0.25) is 4.90 Å². The van der Waals surface area contributed by atoms with Crippen molar-refractivity contribution in [3.05, 3.63) is 47.5 Å². The van der Waals surface area contributed by atoms with E-state index in [4.69, 9.17) is 5.11 Å². The van der Waals surface area contributed by atoms with E-state index in [1.165, 1.54) is 0 Å². The molecule has 1 N–H and O–H groups in total. The first-order chi connectivity index (χ1) is 11.2. The number of benzene rings is 1. The lowest BCUT2D eigenvalue weighted by molar-refractivity contribution is 0.0696. The van der Waals surface area contributed by atoms with Crippen molar-refractivity contribution in [2.75, 3.05) is 13.1 Å². The van der Waals surface area contributed by atoms with Gasteiger partial charge in [-0.1, -0.05) is 12.1 Å². The zero-order valence-electron chi connectivity index (χ0n) is 13.4. The number of aromatic carboxylic acids is 1. The first kappa shape index (κ1) is 15.7. The minimum Gasteiger partial charge on any atom is -0.478 e. The van der Waals surface area contributed by atoms with Gasteiger partial charge in [-0.25, -0.2) is 4.79 Å². The Balaban J connectivity index is 1.71. The number of carboxylic acids is 1. The summed E-state index contributed by atoms with van der Waals surface area (Å²) in [4.78, 5) is 13.5. The average molecular weight is 314 g/mol. The van der Waals surface area contributed by atoms with Gasteiger partial charge < -0.3 is 9.67 Å². The van der Waals surface area contributed by atoms with Gasteiger partial charge in [-0.15, -0.1) is 10.2 Å². The topological polar surface area (TPSA) is 71.2 Å². The van der Waals surface area contributed by atoms with Crippen LogP contribution in [0.5, 0.6) is 0 Å². The highest BCUT2D eigenvalue weighted by atomic mass is 16.4. The molecule has 0 unspecified atom stereocenters. The number of hydrogen-bond donors (Lipinski definition) is 1. The maximum absolute atomic E-state index is 11.2. The Hall–Kier alpha value is -2.21. The summed E-state index contributed by atoms with van der Waals surface area (Å²) in [5.74, 6) is 0.504. The Morgan fingerprint density at radius 2 is 2.30 bits per heavy atom. The number of carbonyl (C=O) groups is 1. The van der Waals surface area contributed by atoms with Crippen LogP contribution >= 0.6 is 0 Å². The highest BCUT2D eigenvalue weighted by Gasteiger charge is 2.23. The number of likely N-dealkylation sites (tertiary alicyclic amines) is 1. The van der Waals surface area contributed by atoms with Gasteiger partial charge in [-0.05, 0) is 49.9 Å². The Kier molecular flexibility index (Phi) is 4.71. The SMILES string of the molecule is CCn1cnnc1CN1CCC[C@H](c2cccc(C(=O)O)c2)C1. The molecule has 0 bridgehead atoms. The second-order valence-electron chi connectivity index (χ2n) is 6.04. The summed E-state index contributed by atoms with van der Waals surface area (Å²) in [5.41, 5.74) is 1.48. The van der Waals surface area contributed by atoms with Crippen LogP contribution in [0.25, 0.3) is 0 Å². The zero-order chi connectivity index (χ0) is 16.2. The summed E-state index contributed by atoms with van der Waals surface area (Å²) in [7, 11) is 0. The summed E-state index contributed by atoms with van der Waals surface area (Å²) in [6.45, 7) is 5.73. The van der Waals surface area contributed by atoms with Crippen LogP contribution in [-0.4, -0.2) is 43.8 Å². The fourth-order valence-corrected chi connectivity index (χ4v) is 3.26. The molecule has 0 radical (unpaired) electrons. The Labute approximate surface area is 135 Å². The summed E-state index contributed by atoms with van der Waals surface area (Å²) in [6, 6.07) is 7.34. The van der Waals surface area contributed by atoms with Gasteiger partial charge in [-0.2, -0.15) is 0 Å². The van der Waals surface area contributed by atoms with Gasteiger partial charge >= 0.3 is 5.97 Å². The summed E-state index contributed by atoms with van der Waals surface area (Å²) in [6.07, 6.45) is 3.98. The normalized spacial score (nSPS) is 18.9. The highest BCUT2D eigenvalue weighted by Crippen LogP contribution is 2.28. The molecule has 23 heavy (non-hydrogen) atoms. The smallest absolute Gasteiger partial charge is 0.335 e. The monoisotopic (exact) mass is 314 g/mol. The van der Waals surface area contributed by atoms with Gasteiger partial charge in [0.05, 0.1) is 12.1 Å². The maximum atomic E-state index is 11.2. The summed E-state index contributed by atoms with van der Waals surface area (Å²) in [5, 5.41) is 17.4. The minimum absolute atomic E-state index is 0.366. The fourth-order valence-electron chi connectivity index (χ4n) is 3.26. The number of aryl methyl sites for hydroxylation is 1. The molecule has 1 saturated heterocycles. The molecule has 6 heteroatoms. The Morgan fingerprint density at radius 3 is 3.09 bits per heavy atom. The van der Waals surface area contributed by atoms with Gasteiger partial charge in [0.1, 0.15) is 12.2 Å². The molecule has 2 aromatic rings. The van der Waals surface area contributed by atoms with Crippen molar-refractivity contribution in [1.82, 2.24) is 19.7 Å². The minimum atomic E-state index is -0.865. The number of nitrogens with zero attached hydrogens (tertiary/aromatic N) is 4. The summed E-state index contributed by atoms with van der Waals surface area (Å²) < 4.78 is 2.06. The van der Waals surface area contributed by atoms with Crippen LogP contribution < -0.4 is 0 Å². The summed E-state index contributed by atoms with van der Waals surface area (Å²) >= 11 is 0. The molecule has 1 aliphatic heterocycles. The van der Waals surface area contributed by atoms with Crippen molar-refractivity contribution in [2.24, 2.45) is 0 Å². The molecule has 2 heterocycles. The van der Waals surface area contributed by atoms with Gasteiger partial charge in [0, 0.05) is 13.1 Å². The van der Waals surface area contributed by atoms with E-state index in [2.05, 4.69) is 26.6 Å². The lowest BCUT2D eigenvalue weighted by Gasteiger charge is -2.32. The molecular formula is C17H22N4O2. The van der Waals surface area contributed by atoms with E-state index in [-0.39, 0.29) is 0 Å². The van der Waals surface area contributed by atoms with Crippen LogP contribution in [0.2, 0.25) is 0 Å². The number of hydrogen-bond acceptors (Lipinski definition) is 4. The van der Waals surface area contributed by atoms with Crippen LogP contribution in [0.3, 0.4) is 0 Å². The molecule has 1 aromatic heterocycles. The molecule has 0 amide bonds. The van der Waals surface area contributed by atoms with Crippen LogP contribution in [0.15, 0.2) is 30.6 Å². The maximum Gasteiger partial charge on any atom is 0.335 e. The van der Waals surface area contributed by atoms with Gasteiger partial charge in [0.15, 0.2) is 0 Å². The van der Waals surface area contributed by atoms with Crippen molar-refractivity contribution < 1.29 is 9.90 Å². The number of aromatic nitrogens is 3. The molecule has 1 atom stereocenters. The second kappa shape index (κ2) is 6.91. The molecule has 3 rings (SSSR count). The van der Waals surface area contributed by atoms with Crippen LogP contribution in [-0.2, 0) is 13.1 Å². The number of carboxylic acid groups (broad SMARTS) is 1. The average Bonchev–Trinajstić information content (AvgIpc) is 3.02. The van der Waals surface area contributed by atoms with Gasteiger partial charge in [0.25, 0.3) is 0 Å². The standard InChI is InChI=1S/C17H22N4O2/c1-2-21-12-18-19-16(21)11-20-8-4-7-15(10-20)13-5-3-6-14(9-13)17(22)23/h3,5-6,9,12,15H,2,4,7-8,10-11H2,1H3,(H,22,23)/t15-/m0/s1. The van der Waals surface area contributed by atoms with Crippen molar-refractivity contribution in [3.63, 3.8) is 0 Å². The molecule has 0 saturated carbocycles. The van der Waals surface area contributed by atoms with Crippen molar-refractivity contribution >= 4 is 5.97 Å². The van der Waals surface area contributed by atoms with E-state index in [9.17, 15) is 4.79 Å². The van der Waals surface area contributed by atoms with Gasteiger partial charge in [0.2, 0.25) is 0 Å². The molecule has 122 valence electrons. The lowest BCUT2D eigenvalue weighted by Crippen LogP contribution is -2.34. The lowest BCUT2D eigenvalue weighted by atomic mass is 9.89. The molecule has 1 aromatic carbocycles. The van der Waals surface area contributed by atoms with E-state index in [0.29, 0.717) is 11.5 Å². The Morgan fingerprint density at radius 1 is 1.43 bits per heavy atom. The molecule has 0 aliphatic carbocycles. The molecular weight excluding hydrogens is 292 g/mol. The van der Waals surface area contributed by atoms with Crippen LogP contribution in [0, 0.1) is 0 Å². The van der Waals surface area contributed by atoms with Crippen LogP contribution in [0.4, 0.5) is 0 Å². The van der Waals surface area contributed by atoms with E-state index in [1.54, 1.807) is 12.4 Å². The van der Waals surface area contributed by atoms with E-state index < -0.39 is 5.97 Å². The zero-order valence-corrected chi connectivity index (χ0v) is 13.4. The third-order valence-corrected chi connectivity index (χ3v) is 4.51.